The van der Waals surface area contributed by atoms with Gasteiger partial charge in [0.2, 0.25) is 0 Å². The molecule has 0 heterocycles. The lowest BCUT2D eigenvalue weighted by atomic mass is 9.79. The molecule has 0 aliphatic heterocycles. The molecule has 0 amide bonds. The van der Waals surface area contributed by atoms with Gasteiger partial charge >= 0.3 is 0 Å². The van der Waals surface area contributed by atoms with Gasteiger partial charge in [-0.2, -0.15) is 5.26 Å². The lowest BCUT2D eigenvalue weighted by molar-refractivity contribution is -0.00456. The van der Waals surface area contributed by atoms with Crippen LogP contribution in [0, 0.1) is 23.2 Å². The van der Waals surface area contributed by atoms with Crippen LogP contribution in [0.25, 0.3) is 0 Å². The van der Waals surface area contributed by atoms with Crippen LogP contribution in [0.1, 0.15) is 81.8 Å². The van der Waals surface area contributed by atoms with Crippen molar-refractivity contribution in [2.75, 3.05) is 6.61 Å². The van der Waals surface area contributed by atoms with Crippen LogP contribution < -0.4 is 0 Å². The van der Waals surface area contributed by atoms with E-state index in [4.69, 9.17) is 10.00 Å². The molecule has 0 bridgehead atoms. The van der Waals surface area contributed by atoms with E-state index in [0.29, 0.717) is 12.0 Å². The molecule has 1 aromatic rings. The van der Waals surface area contributed by atoms with Gasteiger partial charge in [-0.05, 0) is 86.7 Å². The summed E-state index contributed by atoms with van der Waals surface area (Å²) in [6.45, 7) is 3.20. The van der Waals surface area contributed by atoms with Gasteiger partial charge in [0, 0.05) is 12.7 Å². The normalized spacial score (nSPS) is 28.0. The molecular weight excluding hydrogens is 354 g/mol. The summed E-state index contributed by atoms with van der Waals surface area (Å²) in [5.41, 5.74) is 3.02. The monoisotopic (exact) mass is 391 g/mol. The average Bonchev–Trinajstić information content (AvgIpc) is 2.77. The summed E-state index contributed by atoms with van der Waals surface area (Å²) in [7, 11) is 0. The fourth-order valence-electron chi connectivity index (χ4n) is 4.95. The molecular formula is C27H37NO. The Kier molecular flexibility index (Phi) is 9.03. The standard InChI is InChI=1S/C27H37NO/c1-2-6-22-8-14-25(15-9-22)26-16-10-24(11-17-26)21-29-27-18-12-23(13-19-27)7-4-3-5-20-28/h3-5,7-9,14-15,23-24,26-27H,2,6,10-13,16-19,21H2,1H3/t23-,24-,26-,27-. The number of hydrogen-bond donors (Lipinski definition) is 0. The van der Waals surface area contributed by atoms with Gasteiger partial charge in [0.25, 0.3) is 0 Å². The number of rotatable bonds is 8. The fraction of sp³-hybridized carbons (Fsp3) is 0.593. The zero-order valence-electron chi connectivity index (χ0n) is 18.1. The smallest absolute Gasteiger partial charge is 0.0912 e. The van der Waals surface area contributed by atoms with E-state index in [-0.39, 0.29) is 0 Å². The molecule has 156 valence electrons. The highest BCUT2D eigenvalue weighted by atomic mass is 16.5. The highest BCUT2D eigenvalue weighted by Gasteiger charge is 2.25. The molecule has 0 atom stereocenters. The van der Waals surface area contributed by atoms with Crippen molar-refractivity contribution < 1.29 is 4.74 Å². The van der Waals surface area contributed by atoms with Crippen molar-refractivity contribution in [2.45, 2.75) is 83.2 Å². The Bertz CT molecular complexity index is 680. The number of nitrogens with zero attached hydrogens (tertiary/aromatic N) is 1. The molecule has 2 aliphatic rings. The molecule has 0 spiro atoms. The number of hydrogen-bond acceptors (Lipinski definition) is 2. The fourth-order valence-corrected chi connectivity index (χ4v) is 4.95. The van der Waals surface area contributed by atoms with E-state index >= 15 is 0 Å². The second-order valence-corrected chi connectivity index (χ2v) is 8.95. The topological polar surface area (TPSA) is 33.0 Å². The maximum atomic E-state index is 8.52. The van der Waals surface area contributed by atoms with E-state index in [0.717, 1.165) is 18.4 Å². The van der Waals surface area contributed by atoms with Crippen LogP contribution in [0.5, 0.6) is 0 Å². The second-order valence-electron chi connectivity index (χ2n) is 8.95. The minimum atomic E-state index is 0.457. The van der Waals surface area contributed by atoms with Crippen molar-refractivity contribution in [1.82, 2.24) is 0 Å². The van der Waals surface area contributed by atoms with E-state index in [2.05, 4.69) is 37.3 Å². The first-order chi connectivity index (χ1) is 14.3. The SMILES string of the molecule is CCCc1ccc([C@H]2CC[C@H](CO[C@H]3CC[C@H](C=CC=CC#N)CC3)CC2)cc1. The highest BCUT2D eigenvalue weighted by Crippen LogP contribution is 2.36. The minimum Gasteiger partial charge on any atom is -0.378 e. The van der Waals surface area contributed by atoms with E-state index < -0.39 is 0 Å². The van der Waals surface area contributed by atoms with Crippen molar-refractivity contribution >= 4 is 0 Å². The van der Waals surface area contributed by atoms with Crippen LogP contribution in [0.4, 0.5) is 0 Å². The zero-order chi connectivity index (χ0) is 20.3. The molecule has 2 fully saturated rings. The average molecular weight is 392 g/mol. The largest absolute Gasteiger partial charge is 0.378 e. The van der Waals surface area contributed by atoms with Crippen LogP contribution in [-0.4, -0.2) is 12.7 Å². The predicted molar refractivity (Wildman–Crippen MR) is 121 cm³/mol. The number of allylic oxidation sites excluding steroid dienone is 4. The Hall–Kier alpha value is -1.85. The number of benzene rings is 1. The third kappa shape index (κ3) is 7.16. The Morgan fingerprint density at radius 3 is 2.34 bits per heavy atom. The van der Waals surface area contributed by atoms with Gasteiger partial charge in [-0.15, -0.1) is 0 Å². The third-order valence-electron chi connectivity index (χ3n) is 6.79. The first-order valence-electron chi connectivity index (χ1n) is 11.7. The van der Waals surface area contributed by atoms with Gasteiger partial charge in [0.1, 0.15) is 0 Å². The summed E-state index contributed by atoms with van der Waals surface area (Å²) in [5.74, 6) is 2.15. The van der Waals surface area contributed by atoms with Gasteiger partial charge in [0.15, 0.2) is 0 Å². The van der Waals surface area contributed by atoms with E-state index in [9.17, 15) is 0 Å². The molecule has 0 N–H and O–H groups in total. The lowest BCUT2D eigenvalue weighted by Gasteiger charge is -2.32. The van der Waals surface area contributed by atoms with Gasteiger partial charge < -0.3 is 4.74 Å². The number of ether oxygens (including phenoxy) is 1. The molecule has 2 heteroatoms. The highest BCUT2D eigenvalue weighted by molar-refractivity contribution is 5.26. The quantitative estimate of drug-likeness (QED) is 0.349. The van der Waals surface area contributed by atoms with Gasteiger partial charge in [-0.3, -0.25) is 0 Å². The van der Waals surface area contributed by atoms with Gasteiger partial charge in [-0.1, -0.05) is 55.8 Å². The molecule has 0 unspecified atom stereocenters. The predicted octanol–water partition coefficient (Wildman–Crippen LogP) is 7.12. The summed E-state index contributed by atoms with van der Waals surface area (Å²) >= 11 is 0. The van der Waals surface area contributed by atoms with E-state index in [1.165, 1.54) is 75.8 Å². The summed E-state index contributed by atoms with van der Waals surface area (Å²) in [4.78, 5) is 0. The Morgan fingerprint density at radius 1 is 0.966 bits per heavy atom. The molecule has 1 aromatic carbocycles. The van der Waals surface area contributed by atoms with Crippen LogP contribution in [-0.2, 0) is 11.2 Å². The molecule has 0 saturated heterocycles. The van der Waals surface area contributed by atoms with E-state index in [1.54, 1.807) is 5.56 Å². The van der Waals surface area contributed by atoms with Crippen molar-refractivity contribution in [3.05, 3.63) is 59.7 Å². The molecule has 3 rings (SSSR count). The minimum absolute atomic E-state index is 0.457. The molecule has 29 heavy (non-hydrogen) atoms. The maximum absolute atomic E-state index is 8.52. The number of nitriles is 1. The second kappa shape index (κ2) is 12.0. The van der Waals surface area contributed by atoms with Crippen LogP contribution in [0.15, 0.2) is 48.6 Å². The lowest BCUT2D eigenvalue weighted by Crippen LogP contribution is -2.25. The third-order valence-corrected chi connectivity index (χ3v) is 6.79. The Morgan fingerprint density at radius 2 is 1.69 bits per heavy atom. The summed E-state index contributed by atoms with van der Waals surface area (Å²) < 4.78 is 6.32. The molecule has 0 radical (unpaired) electrons. The first-order valence-corrected chi connectivity index (χ1v) is 11.7. The first kappa shape index (κ1) is 21.8. The Balaban J connectivity index is 1.33. The maximum Gasteiger partial charge on any atom is 0.0912 e. The summed E-state index contributed by atoms with van der Waals surface area (Å²) in [5, 5.41) is 8.52. The van der Waals surface area contributed by atoms with Crippen LogP contribution in [0.2, 0.25) is 0 Å². The molecule has 2 aliphatic carbocycles. The van der Waals surface area contributed by atoms with E-state index in [1.807, 2.05) is 18.2 Å². The Labute approximate surface area is 177 Å². The van der Waals surface area contributed by atoms with Crippen molar-refractivity contribution in [2.24, 2.45) is 11.8 Å². The number of aryl methyl sites for hydroxylation is 1. The van der Waals surface area contributed by atoms with Crippen LogP contribution >= 0.6 is 0 Å². The van der Waals surface area contributed by atoms with Crippen molar-refractivity contribution in [3.8, 4) is 6.07 Å². The molecule has 2 saturated carbocycles. The summed E-state index contributed by atoms with van der Waals surface area (Å²) in [6, 6.07) is 11.4. The van der Waals surface area contributed by atoms with Crippen molar-refractivity contribution in [3.63, 3.8) is 0 Å². The zero-order valence-corrected chi connectivity index (χ0v) is 18.1. The van der Waals surface area contributed by atoms with Crippen molar-refractivity contribution in [1.29, 1.82) is 5.26 Å². The van der Waals surface area contributed by atoms with Gasteiger partial charge in [0.05, 0.1) is 12.2 Å². The summed E-state index contributed by atoms with van der Waals surface area (Å²) in [6.07, 6.45) is 20.5. The molecule has 0 aromatic heterocycles. The van der Waals surface area contributed by atoms with Gasteiger partial charge in [-0.25, -0.2) is 0 Å². The van der Waals surface area contributed by atoms with Crippen LogP contribution in [0.3, 0.4) is 0 Å². The molecule has 2 nitrogen and oxygen atoms in total.